The monoisotopic (exact) mass is 352 g/mol. The van der Waals surface area contributed by atoms with E-state index in [2.05, 4.69) is 25.7 Å². The lowest BCUT2D eigenvalue weighted by molar-refractivity contribution is 0.174. The molecule has 0 saturated heterocycles. The van der Waals surface area contributed by atoms with Gasteiger partial charge in [0.2, 0.25) is 6.79 Å². The number of benzene rings is 1. The number of aromatic nitrogens is 4. The highest BCUT2D eigenvalue weighted by Gasteiger charge is 2.14. The second kappa shape index (κ2) is 6.36. The second-order valence-corrected chi connectivity index (χ2v) is 5.75. The number of carbonyl (C=O) groups excluding carboxylic acids is 1. The molecule has 0 radical (unpaired) electrons. The van der Waals surface area contributed by atoms with Crippen LogP contribution < -0.4 is 20.1 Å². The molecule has 2 aromatic heterocycles. The quantitative estimate of drug-likeness (QED) is 0.751. The summed E-state index contributed by atoms with van der Waals surface area (Å²) in [5, 5.41) is 9.78. The van der Waals surface area contributed by atoms with Crippen LogP contribution in [0.3, 0.4) is 0 Å². The number of aryl methyl sites for hydroxylation is 2. The normalized spacial score (nSPS) is 12.1. The molecule has 3 heterocycles. The van der Waals surface area contributed by atoms with Gasteiger partial charge in [0.25, 0.3) is 0 Å². The molecule has 1 aromatic carbocycles. The molecule has 4 rings (SSSR count). The molecule has 0 atom stereocenters. The Hall–Kier alpha value is -3.62. The van der Waals surface area contributed by atoms with Crippen LogP contribution in [0, 0.1) is 13.8 Å². The molecule has 2 amide bonds. The summed E-state index contributed by atoms with van der Waals surface area (Å²) >= 11 is 0. The van der Waals surface area contributed by atoms with Gasteiger partial charge >= 0.3 is 6.03 Å². The average molecular weight is 352 g/mol. The third kappa shape index (κ3) is 3.14. The number of nitrogens with one attached hydrogen (secondary N) is 2. The third-order valence-corrected chi connectivity index (χ3v) is 3.75. The first-order chi connectivity index (χ1) is 12.6. The molecule has 26 heavy (non-hydrogen) atoms. The van der Waals surface area contributed by atoms with E-state index >= 15 is 0 Å². The van der Waals surface area contributed by atoms with Crippen LogP contribution in [0.25, 0.3) is 5.82 Å². The van der Waals surface area contributed by atoms with Gasteiger partial charge in [-0.15, -0.1) is 0 Å². The largest absolute Gasteiger partial charge is 0.454 e. The Bertz CT molecular complexity index is 984. The molecule has 0 aliphatic carbocycles. The Kier molecular flexibility index (Phi) is 3.88. The summed E-state index contributed by atoms with van der Waals surface area (Å²) in [7, 11) is 0. The van der Waals surface area contributed by atoms with Crippen molar-refractivity contribution in [3.63, 3.8) is 0 Å². The van der Waals surface area contributed by atoms with Gasteiger partial charge in [0.1, 0.15) is 12.1 Å². The van der Waals surface area contributed by atoms with Gasteiger partial charge in [0.05, 0.1) is 5.69 Å². The van der Waals surface area contributed by atoms with E-state index in [-0.39, 0.29) is 6.79 Å². The van der Waals surface area contributed by atoms with Gasteiger partial charge in [0, 0.05) is 23.5 Å². The van der Waals surface area contributed by atoms with Crippen molar-refractivity contribution in [2.24, 2.45) is 0 Å². The first-order valence-corrected chi connectivity index (χ1v) is 7.92. The van der Waals surface area contributed by atoms with Crippen LogP contribution in [0.5, 0.6) is 11.5 Å². The van der Waals surface area contributed by atoms with Gasteiger partial charge in [-0.1, -0.05) is 0 Å². The standard InChI is InChI=1S/C17H16N6O3/c1-10-5-11(2)23(22-10)16-7-15(18-8-19-16)21-17(24)20-12-3-4-13-14(6-12)26-9-25-13/h3-8H,9H2,1-2H3,(H2,18,19,20,21,24). The van der Waals surface area contributed by atoms with E-state index in [4.69, 9.17) is 9.47 Å². The molecule has 3 aromatic rings. The topological polar surface area (TPSA) is 103 Å². The Morgan fingerprint density at radius 3 is 2.73 bits per heavy atom. The summed E-state index contributed by atoms with van der Waals surface area (Å²) in [6.07, 6.45) is 1.38. The molecule has 132 valence electrons. The van der Waals surface area contributed by atoms with E-state index in [0.717, 1.165) is 11.4 Å². The molecular formula is C17H16N6O3. The van der Waals surface area contributed by atoms with E-state index in [9.17, 15) is 4.79 Å². The highest BCUT2D eigenvalue weighted by molar-refractivity contribution is 5.99. The van der Waals surface area contributed by atoms with Crippen molar-refractivity contribution < 1.29 is 14.3 Å². The third-order valence-electron chi connectivity index (χ3n) is 3.75. The average Bonchev–Trinajstić information content (AvgIpc) is 3.20. The maximum atomic E-state index is 12.2. The predicted molar refractivity (Wildman–Crippen MR) is 93.8 cm³/mol. The summed E-state index contributed by atoms with van der Waals surface area (Å²) < 4.78 is 12.2. The zero-order valence-electron chi connectivity index (χ0n) is 14.2. The van der Waals surface area contributed by atoms with E-state index in [1.807, 2.05) is 19.9 Å². The van der Waals surface area contributed by atoms with Crippen LogP contribution in [-0.4, -0.2) is 32.6 Å². The maximum Gasteiger partial charge on any atom is 0.324 e. The van der Waals surface area contributed by atoms with E-state index < -0.39 is 6.03 Å². The number of hydrogen-bond donors (Lipinski definition) is 2. The minimum absolute atomic E-state index is 0.182. The lowest BCUT2D eigenvalue weighted by Crippen LogP contribution is -2.20. The minimum atomic E-state index is -0.429. The summed E-state index contributed by atoms with van der Waals surface area (Å²) in [6.45, 7) is 4.02. The molecule has 2 N–H and O–H groups in total. The lowest BCUT2D eigenvalue weighted by Gasteiger charge is -2.09. The van der Waals surface area contributed by atoms with Crippen molar-refractivity contribution >= 4 is 17.5 Å². The Balaban J connectivity index is 1.48. The molecule has 0 fully saturated rings. The highest BCUT2D eigenvalue weighted by Crippen LogP contribution is 2.34. The summed E-state index contributed by atoms with van der Waals surface area (Å²) in [5.74, 6) is 2.18. The molecule has 0 bridgehead atoms. The molecule has 0 spiro atoms. The zero-order valence-corrected chi connectivity index (χ0v) is 14.2. The first-order valence-electron chi connectivity index (χ1n) is 7.92. The van der Waals surface area contributed by atoms with E-state index in [1.54, 1.807) is 28.9 Å². The van der Waals surface area contributed by atoms with Crippen molar-refractivity contribution in [2.45, 2.75) is 13.8 Å². The number of carbonyl (C=O) groups is 1. The lowest BCUT2D eigenvalue weighted by atomic mass is 10.3. The number of rotatable bonds is 3. The Labute approximate surface area is 149 Å². The molecule has 1 aliphatic heterocycles. The molecule has 0 saturated carbocycles. The number of hydrogen-bond acceptors (Lipinski definition) is 6. The second-order valence-electron chi connectivity index (χ2n) is 5.75. The maximum absolute atomic E-state index is 12.2. The van der Waals surface area contributed by atoms with Gasteiger partial charge < -0.3 is 14.8 Å². The van der Waals surface area contributed by atoms with Gasteiger partial charge in [-0.3, -0.25) is 5.32 Å². The predicted octanol–water partition coefficient (Wildman–Crippen LogP) is 2.65. The highest BCUT2D eigenvalue weighted by atomic mass is 16.7. The fourth-order valence-corrected chi connectivity index (χ4v) is 2.65. The van der Waals surface area contributed by atoms with Crippen LogP contribution in [-0.2, 0) is 0 Å². The summed E-state index contributed by atoms with van der Waals surface area (Å²) in [5.41, 5.74) is 2.41. The van der Waals surface area contributed by atoms with Crippen LogP contribution >= 0.6 is 0 Å². The van der Waals surface area contributed by atoms with Crippen molar-refractivity contribution in [3.8, 4) is 17.3 Å². The van der Waals surface area contributed by atoms with E-state index in [0.29, 0.717) is 28.8 Å². The van der Waals surface area contributed by atoms with Gasteiger partial charge in [-0.25, -0.2) is 19.4 Å². The van der Waals surface area contributed by atoms with Gasteiger partial charge in [0.15, 0.2) is 17.3 Å². The molecule has 9 heteroatoms. The van der Waals surface area contributed by atoms with E-state index in [1.165, 1.54) is 6.33 Å². The number of anilines is 2. The summed E-state index contributed by atoms with van der Waals surface area (Å²) in [4.78, 5) is 20.5. The zero-order chi connectivity index (χ0) is 18.1. The Morgan fingerprint density at radius 1 is 1.08 bits per heavy atom. The smallest absolute Gasteiger partial charge is 0.324 e. The van der Waals surface area contributed by atoms with Crippen LogP contribution in [0.1, 0.15) is 11.4 Å². The fourth-order valence-electron chi connectivity index (χ4n) is 2.65. The van der Waals surface area contributed by atoms with Gasteiger partial charge in [-0.2, -0.15) is 5.10 Å². The van der Waals surface area contributed by atoms with Crippen molar-refractivity contribution in [1.29, 1.82) is 0 Å². The molecule has 0 unspecified atom stereocenters. The SMILES string of the molecule is Cc1cc(C)n(-c2cc(NC(=O)Nc3ccc4c(c3)OCO4)ncn2)n1. The van der Waals surface area contributed by atoms with Gasteiger partial charge in [-0.05, 0) is 32.0 Å². The van der Waals surface area contributed by atoms with Crippen LogP contribution in [0.2, 0.25) is 0 Å². The molecule has 1 aliphatic rings. The van der Waals surface area contributed by atoms with Crippen molar-refractivity contribution in [3.05, 3.63) is 48.0 Å². The Morgan fingerprint density at radius 2 is 1.92 bits per heavy atom. The number of ether oxygens (including phenoxy) is 2. The molecular weight excluding hydrogens is 336 g/mol. The van der Waals surface area contributed by atoms with Crippen LogP contribution in [0.4, 0.5) is 16.3 Å². The summed E-state index contributed by atoms with van der Waals surface area (Å²) in [6, 6.07) is 8.34. The van der Waals surface area contributed by atoms with Crippen LogP contribution in [0.15, 0.2) is 36.7 Å². The fraction of sp³-hybridized carbons (Fsp3) is 0.176. The first kappa shape index (κ1) is 15.9. The van der Waals surface area contributed by atoms with Crippen molar-refractivity contribution in [1.82, 2.24) is 19.7 Å². The number of fused-ring (bicyclic) bond motifs is 1. The van der Waals surface area contributed by atoms with Crippen molar-refractivity contribution in [2.75, 3.05) is 17.4 Å². The number of amides is 2. The minimum Gasteiger partial charge on any atom is -0.454 e. The number of urea groups is 1. The molecule has 9 nitrogen and oxygen atoms in total. The number of nitrogens with zero attached hydrogens (tertiary/aromatic N) is 4.